The average Bonchev–Trinajstić information content (AvgIpc) is 3.26. The van der Waals surface area contributed by atoms with E-state index in [4.69, 9.17) is 33.0 Å². The van der Waals surface area contributed by atoms with Crippen molar-refractivity contribution in [2.45, 2.75) is 25.3 Å². The molecule has 1 heterocycles. The monoisotopic (exact) mass is 490 g/mol. The van der Waals surface area contributed by atoms with Crippen LogP contribution < -0.4 is 4.74 Å². The van der Waals surface area contributed by atoms with Gasteiger partial charge in [0.1, 0.15) is 5.75 Å². The Morgan fingerprint density at radius 3 is 2.26 bits per heavy atom. The first-order valence-corrected chi connectivity index (χ1v) is 12.1. The van der Waals surface area contributed by atoms with Crippen LogP contribution in [0.15, 0.2) is 83.5 Å². The van der Waals surface area contributed by atoms with Gasteiger partial charge in [0, 0.05) is 21.5 Å². The van der Waals surface area contributed by atoms with Crippen molar-refractivity contribution in [2.75, 3.05) is 7.11 Å². The van der Waals surface area contributed by atoms with Gasteiger partial charge in [-0.2, -0.15) is 5.10 Å². The lowest BCUT2D eigenvalue weighted by atomic mass is 9.77. The minimum Gasteiger partial charge on any atom is -0.497 e. The summed E-state index contributed by atoms with van der Waals surface area (Å²) in [5, 5.41) is 7.98. The van der Waals surface area contributed by atoms with Gasteiger partial charge in [-0.1, -0.05) is 47.5 Å². The van der Waals surface area contributed by atoms with Crippen LogP contribution in [0.5, 0.6) is 5.75 Å². The van der Waals surface area contributed by atoms with E-state index < -0.39 is 0 Å². The van der Waals surface area contributed by atoms with Gasteiger partial charge in [-0.15, -0.1) is 0 Å². The summed E-state index contributed by atoms with van der Waals surface area (Å²) in [7, 11) is 1.61. The molecule has 3 aromatic rings. The highest BCUT2D eigenvalue weighted by Crippen LogP contribution is 2.45. The van der Waals surface area contributed by atoms with Crippen LogP contribution in [0.4, 0.5) is 0 Å². The zero-order chi connectivity index (χ0) is 23.7. The molecule has 0 radical (unpaired) electrons. The number of nitrogens with zero attached hydrogens (tertiary/aromatic N) is 2. The van der Waals surface area contributed by atoms with Crippen molar-refractivity contribution < 1.29 is 9.53 Å². The van der Waals surface area contributed by atoms with Crippen LogP contribution in [0, 0.1) is 5.92 Å². The van der Waals surface area contributed by atoms with Crippen molar-refractivity contribution in [1.82, 2.24) is 5.01 Å². The maximum atomic E-state index is 13.7. The number of fused-ring (bicyclic) bond motifs is 1. The molecule has 172 valence electrons. The molecule has 1 saturated carbocycles. The number of halogens is 2. The molecule has 1 aliphatic heterocycles. The van der Waals surface area contributed by atoms with E-state index in [2.05, 4.69) is 6.08 Å². The molecular weight excluding hydrogens is 467 g/mol. The van der Waals surface area contributed by atoms with Gasteiger partial charge in [0.15, 0.2) is 0 Å². The highest BCUT2D eigenvalue weighted by atomic mass is 35.5. The van der Waals surface area contributed by atoms with Gasteiger partial charge in [-0.05, 0) is 90.6 Å². The van der Waals surface area contributed by atoms with E-state index in [0.29, 0.717) is 21.4 Å². The molecule has 4 nitrogen and oxygen atoms in total. The first kappa shape index (κ1) is 22.7. The Morgan fingerprint density at radius 2 is 1.62 bits per heavy atom. The Hall–Kier alpha value is -3.08. The summed E-state index contributed by atoms with van der Waals surface area (Å²) in [4.78, 5) is 13.7. The molecule has 5 rings (SSSR count). The predicted molar refractivity (Wildman–Crippen MR) is 138 cm³/mol. The smallest absolute Gasteiger partial charge is 0.274 e. The van der Waals surface area contributed by atoms with Gasteiger partial charge in [-0.3, -0.25) is 4.79 Å². The summed E-state index contributed by atoms with van der Waals surface area (Å²) in [5.41, 5.74) is 4.84. The van der Waals surface area contributed by atoms with E-state index in [9.17, 15) is 4.79 Å². The molecule has 6 heteroatoms. The topological polar surface area (TPSA) is 41.9 Å². The summed E-state index contributed by atoms with van der Waals surface area (Å²) >= 11 is 12.2. The zero-order valence-corrected chi connectivity index (χ0v) is 20.3. The SMILES string of the molecule is COc1ccc(C(=O)N2N=C3C(=Cc4ccc(Cl)cc4)CCCC3C2c2ccc(Cl)cc2)cc1. The molecule has 0 aromatic heterocycles. The predicted octanol–water partition coefficient (Wildman–Crippen LogP) is 7.44. The lowest BCUT2D eigenvalue weighted by molar-refractivity contribution is 0.0681. The van der Waals surface area contributed by atoms with Crippen LogP contribution in [0.25, 0.3) is 6.08 Å². The van der Waals surface area contributed by atoms with Gasteiger partial charge in [0.2, 0.25) is 0 Å². The molecule has 1 fully saturated rings. The number of amides is 1. The van der Waals surface area contributed by atoms with Gasteiger partial charge in [0.25, 0.3) is 5.91 Å². The van der Waals surface area contributed by atoms with Crippen LogP contribution in [0.3, 0.4) is 0 Å². The maximum absolute atomic E-state index is 13.7. The fourth-order valence-corrected chi connectivity index (χ4v) is 5.04. The molecule has 3 aromatic carbocycles. The third-order valence-corrected chi connectivity index (χ3v) is 6.97. The van der Waals surface area contributed by atoms with Gasteiger partial charge >= 0.3 is 0 Å². The van der Waals surface area contributed by atoms with E-state index in [1.54, 1.807) is 36.4 Å². The van der Waals surface area contributed by atoms with Crippen molar-refractivity contribution >= 4 is 40.9 Å². The van der Waals surface area contributed by atoms with Crippen LogP contribution in [-0.4, -0.2) is 23.7 Å². The van der Waals surface area contributed by atoms with Crippen LogP contribution >= 0.6 is 23.2 Å². The lowest BCUT2D eigenvalue weighted by Crippen LogP contribution is -2.31. The first-order valence-electron chi connectivity index (χ1n) is 11.3. The molecule has 1 amide bonds. The minimum atomic E-state index is -0.184. The average molecular weight is 491 g/mol. The van der Waals surface area contributed by atoms with Gasteiger partial charge in [-0.25, -0.2) is 5.01 Å². The van der Waals surface area contributed by atoms with E-state index in [0.717, 1.165) is 36.1 Å². The molecule has 0 saturated heterocycles. The molecule has 0 spiro atoms. The number of carbonyl (C=O) groups is 1. The quantitative estimate of drug-likeness (QED) is 0.381. The Labute approximate surface area is 209 Å². The number of carbonyl (C=O) groups excluding carboxylic acids is 1. The third-order valence-electron chi connectivity index (χ3n) is 6.47. The Bertz CT molecular complexity index is 1250. The number of allylic oxidation sites excluding steroid dienone is 1. The summed E-state index contributed by atoms with van der Waals surface area (Å²) in [5.74, 6) is 0.700. The van der Waals surface area contributed by atoms with Gasteiger partial charge in [0.05, 0.1) is 18.9 Å². The number of benzene rings is 3. The standard InChI is InChI=1S/C28H24Cl2N2O2/c1-34-24-15-9-20(10-16-24)28(33)32-27(19-7-13-23(30)14-8-19)25-4-2-3-21(26(25)31-32)17-18-5-11-22(29)12-6-18/h5-17,25,27H,2-4H2,1H3. The largest absolute Gasteiger partial charge is 0.497 e. The van der Waals surface area contributed by atoms with Crippen molar-refractivity contribution in [3.8, 4) is 5.75 Å². The van der Waals surface area contributed by atoms with Crippen molar-refractivity contribution in [3.05, 3.63) is 105 Å². The maximum Gasteiger partial charge on any atom is 0.274 e. The van der Waals surface area contributed by atoms with Crippen LogP contribution in [0.2, 0.25) is 10.0 Å². The molecule has 0 N–H and O–H groups in total. The highest BCUT2D eigenvalue weighted by molar-refractivity contribution is 6.30. The highest BCUT2D eigenvalue weighted by Gasteiger charge is 2.43. The zero-order valence-electron chi connectivity index (χ0n) is 18.7. The summed E-state index contributed by atoms with van der Waals surface area (Å²) in [6, 6.07) is 22.5. The van der Waals surface area contributed by atoms with E-state index in [-0.39, 0.29) is 17.9 Å². The molecular formula is C28H24Cl2N2O2. The summed E-state index contributed by atoms with van der Waals surface area (Å²) < 4.78 is 5.25. The van der Waals surface area contributed by atoms with Crippen molar-refractivity contribution in [1.29, 1.82) is 0 Å². The van der Waals surface area contributed by atoms with Gasteiger partial charge < -0.3 is 4.74 Å². The molecule has 0 bridgehead atoms. The summed E-state index contributed by atoms with van der Waals surface area (Å²) in [6.45, 7) is 0. The second-order valence-electron chi connectivity index (χ2n) is 8.58. The summed E-state index contributed by atoms with van der Waals surface area (Å²) in [6.07, 6.45) is 5.10. The molecule has 2 atom stereocenters. The molecule has 2 aliphatic rings. The second kappa shape index (κ2) is 9.65. The first-order chi connectivity index (χ1) is 16.5. The Kier molecular flexibility index (Phi) is 6.44. The normalized spacial score (nSPS) is 20.7. The van der Waals surface area contributed by atoms with Crippen LogP contribution in [0.1, 0.15) is 46.8 Å². The van der Waals surface area contributed by atoms with E-state index >= 15 is 0 Å². The molecule has 34 heavy (non-hydrogen) atoms. The van der Waals surface area contributed by atoms with Crippen molar-refractivity contribution in [3.63, 3.8) is 0 Å². The number of hydrogen-bond donors (Lipinski definition) is 0. The molecule has 1 aliphatic carbocycles. The number of hydrazone groups is 1. The van der Waals surface area contributed by atoms with Crippen molar-refractivity contribution in [2.24, 2.45) is 11.0 Å². The van der Waals surface area contributed by atoms with E-state index in [1.807, 2.05) is 48.5 Å². The van der Waals surface area contributed by atoms with Crippen LogP contribution in [-0.2, 0) is 0 Å². The second-order valence-corrected chi connectivity index (χ2v) is 9.45. The minimum absolute atomic E-state index is 0.121. The molecule has 2 unspecified atom stereocenters. The fourth-order valence-electron chi connectivity index (χ4n) is 4.79. The van der Waals surface area contributed by atoms with E-state index in [1.165, 1.54) is 5.57 Å². The Balaban J connectivity index is 1.56. The Morgan fingerprint density at radius 1 is 0.971 bits per heavy atom. The number of rotatable bonds is 4. The third kappa shape index (κ3) is 4.48. The lowest BCUT2D eigenvalue weighted by Gasteiger charge is -2.29. The fraction of sp³-hybridized carbons (Fsp3) is 0.214. The number of hydrogen-bond acceptors (Lipinski definition) is 3. The number of methoxy groups -OCH3 is 1. The number of ether oxygens (including phenoxy) is 1.